The lowest BCUT2D eigenvalue weighted by Crippen LogP contribution is -2.58. The number of carboxylic acids is 1. The molecule has 5 atom stereocenters. The van der Waals surface area contributed by atoms with Crippen LogP contribution in [0.2, 0.25) is 0 Å². The van der Waals surface area contributed by atoms with Crippen LogP contribution in [0.1, 0.15) is 25.8 Å². The van der Waals surface area contributed by atoms with E-state index in [9.17, 15) is 29.4 Å². The van der Waals surface area contributed by atoms with Crippen LogP contribution >= 0.6 is 11.8 Å². The number of nitrogens with two attached hydrogens (primary N) is 1. The minimum absolute atomic E-state index is 0.0410. The van der Waals surface area contributed by atoms with Crippen LogP contribution in [-0.2, 0) is 25.6 Å². The Bertz CT molecular complexity index is 819. The van der Waals surface area contributed by atoms with Crippen LogP contribution in [0, 0.1) is 0 Å². The maximum atomic E-state index is 12.9. The minimum Gasteiger partial charge on any atom is -0.508 e. The third-order valence-electron chi connectivity index (χ3n) is 4.78. The number of aliphatic hydroxyl groups excluding tert-OH is 1. The van der Waals surface area contributed by atoms with E-state index in [0.29, 0.717) is 17.7 Å². The van der Waals surface area contributed by atoms with Crippen LogP contribution in [-0.4, -0.2) is 81.3 Å². The summed E-state index contributed by atoms with van der Waals surface area (Å²) >= 11 is 1.53. The van der Waals surface area contributed by atoms with E-state index in [1.54, 1.807) is 12.1 Å². The Morgan fingerprint density at radius 2 is 1.61 bits per heavy atom. The predicted molar refractivity (Wildman–Crippen MR) is 124 cm³/mol. The molecular formula is C21H32N4O7S. The normalized spacial score (nSPS) is 15.4. The number of aliphatic hydroxyl groups is 1. The second kappa shape index (κ2) is 13.7. The lowest BCUT2D eigenvalue weighted by atomic mass is 10.0. The number of nitrogens with one attached hydrogen (secondary N) is 3. The topological polar surface area (TPSA) is 191 Å². The van der Waals surface area contributed by atoms with E-state index in [2.05, 4.69) is 16.0 Å². The maximum Gasteiger partial charge on any atom is 0.328 e. The number of hydrogen-bond donors (Lipinski definition) is 7. The molecule has 1 aromatic rings. The van der Waals surface area contributed by atoms with E-state index >= 15 is 0 Å². The van der Waals surface area contributed by atoms with Crippen molar-refractivity contribution in [2.24, 2.45) is 5.73 Å². The van der Waals surface area contributed by atoms with Gasteiger partial charge in [-0.05, 0) is 50.0 Å². The Morgan fingerprint density at radius 3 is 2.12 bits per heavy atom. The largest absolute Gasteiger partial charge is 0.508 e. The van der Waals surface area contributed by atoms with Crippen molar-refractivity contribution in [3.8, 4) is 5.75 Å². The first-order valence-corrected chi connectivity index (χ1v) is 11.7. The Labute approximate surface area is 196 Å². The highest BCUT2D eigenvalue weighted by atomic mass is 32.2. The molecule has 0 saturated carbocycles. The average Bonchev–Trinajstić information content (AvgIpc) is 2.75. The number of phenols is 1. The summed E-state index contributed by atoms with van der Waals surface area (Å²) in [5.41, 5.74) is 6.53. The molecule has 0 spiro atoms. The van der Waals surface area contributed by atoms with Gasteiger partial charge in [0.05, 0.1) is 12.1 Å². The molecule has 184 valence electrons. The van der Waals surface area contributed by atoms with Gasteiger partial charge in [-0.1, -0.05) is 12.1 Å². The molecule has 0 fully saturated rings. The zero-order valence-corrected chi connectivity index (χ0v) is 19.6. The first kappa shape index (κ1) is 28.2. The van der Waals surface area contributed by atoms with Gasteiger partial charge >= 0.3 is 5.97 Å². The summed E-state index contributed by atoms with van der Waals surface area (Å²) in [6.45, 7) is 2.56. The van der Waals surface area contributed by atoms with Crippen LogP contribution in [0.25, 0.3) is 0 Å². The lowest BCUT2D eigenvalue weighted by Gasteiger charge is -2.24. The van der Waals surface area contributed by atoms with Crippen LogP contribution in [0.5, 0.6) is 5.75 Å². The molecule has 3 amide bonds. The Hall–Kier alpha value is -2.83. The van der Waals surface area contributed by atoms with Gasteiger partial charge in [0, 0.05) is 6.42 Å². The molecule has 0 radical (unpaired) electrons. The molecular weight excluding hydrogens is 452 g/mol. The van der Waals surface area contributed by atoms with Gasteiger partial charge in [0.1, 0.15) is 17.8 Å². The number of carboxylic acid groups (broad SMARTS) is 1. The van der Waals surface area contributed by atoms with E-state index in [1.807, 2.05) is 6.26 Å². The molecule has 11 nitrogen and oxygen atoms in total. The molecule has 0 aliphatic rings. The Morgan fingerprint density at radius 1 is 1.00 bits per heavy atom. The van der Waals surface area contributed by atoms with Crippen LogP contribution in [0.15, 0.2) is 24.3 Å². The third-order valence-corrected chi connectivity index (χ3v) is 5.42. The van der Waals surface area contributed by atoms with Crippen LogP contribution < -0.4 is 21.7 Å². The zero-order valence-electron chi connectivity index (χ0n) is 18.8. The van der Waals surface area contributed by atoms with Crippen molar-refractivity contribution in [1.29, 1.82) is 0 Å². The van der Waals surface area contributed by atoms with E-state index in [-0.39, 0.29) is 12.2 Å². The SMILES string of the molecule is CSCCC(N)C(=O)NC(Cc1ccc(O)cc1)C(=O)NC(C)C(=O)NC(C(=O)O)C(C)O. The van der Waals surface area contributed by atoms with Gasteiger partial charge in [0.15, 0.2) is 6.04 Å². The van der Waals surface area contributed by atoms with E-state index in [0.717, 1.165) is 0 Å². The van der Waals surface area contributed by atoms with Gasteiger partial charge in [0.25, 0.3) is 0 Å². The fraction of sp³-hybridized carbons (Fsp3) is 0.524. The van der Waals surface area contributed by atoms with Crippen molar-refractivity contribution in [3.05, 3.63) is 29.8 Å². The molecule has 33 heavy (non-hydrogen) atoms. The van der Waals surface area contributed by atoms with E-state index in [1.165, 1.54) is 37.7 Å². The molecule has 0 aromatic heterocycles. The summed E-state index contributed by atoms with van der Waals surface area (Å²) in [6, 6.07) is 1.46. The number of hydrogen-bond acceptors (Lipinski definition) is 8. The summed E-state index contributed by atoms with van der Waals surface area (Å²) in [6.07, 6.45) is 1.01. The first-order chi connectivity index (χ1) is 15.5. The van der Waals surface area contributed by atoms with Crippen LogP contribution in [0.3, 0.4) is 0 Å². The van der Waals surface area contributed by atoms with Crippen molar-refractivity contribution >= 4 is 35.5 Å². The van der Waals surface area contributed by atoms with Crippen molar-refractivity contribution in [1.82, 2.24) is 16.0 Å². The number of thioether (sulfide) groups is 1. The number of amides is 3. The number of rotatable bonds is 13. The molecule has 0 aliphatic carbocycles. The number of benzene rings is 1. The fourth-order valence-electron chi connectivity index (χ4n) is 2.78. The summed E-state index contributed by atoms with van der Waals surface area (Å²) in [7, 11) is 0. The highest BCUT2D eigenvalue weighted by Crippen LogP contribution is 2.12. The fourth-order valence-corrected chi connectivity index (χ4v) is 3.27. The second-order valence-corrected chi connectivity index (χ2v) is 8.60. The number of aliphatic carboxylic acids is 1. The van der Waals surface area contributed by atoms with Gasteiger partial charge in [-0.3, -0.25) is 14.4 Å². The van der Waals surface area contributed by atoms with E-state index in [4.69, 9.17) is 10.8 Å². The molecule has 1 aromatic carbocycles. The van der Waals surface area contributed by atoms with Gasteiger partial charge < -0.3 is 37.0 Å². The Kier molecular flexibility index (Phi) is 11.7. The first-order valence-electron chi connectivity index (χ1n) is 10.3. The number of carbonyl (C=O) groups is 4. The van der Waals surface area contributed by atoms with Crippen molar-refractivity contribution in [2.45, 2.75) is 57.0 Å². The smallest absolute Gasteiger partial charge is 0.328 e. The second-order valence-electron chi connectivity index (χ2n) is 7.62. The van der Waals surface area contributed by atoms with Gasteiger partial charge in [-0.25, -0.2) is 4.79 Å². The monoisotopic (exact) mass is 484 g/mol. The van der Waals surface area contributed by atoms with Gasteiger partial charge in [-0.2, -0.15) is 11.8 Å². The average molecular weight is 485 g/mol. The van der Waals surface area contributed by atoms with Gasteiger partial charge in [0.2, 0.25) is 17.7 Å². The molecule has 0 bridgehead atoms. The molecule has 12 heteroatoms. The molecule has 8 N–H and O–H groups in total. The Balaban J connectivity index is 2.92. The zero-order chi connectivity index (χ0) is 25.1. The van der Waals surface area contributed by atoms with Crippen molar-refractivity contribution < 1.29 is 34.5 Å². The van der Waals surface area contributed by atoms with Crippen LogP contribution in [0.4, 0.5) is 0 Å². The third kappa shape index (κ3) is 9.68. The lowest BCUT2D eigenvalue weighted by molar-refractivity contribution is -0.145. The van der Waals surface area contributed by atoms with Gasteiger partial charge in [-0.15, -0.1) is 0 Å². The predicted octanol–water partition coefficient (Wildman–Crippen LogP) is -1.05. The summed E-state index contributed by atoms with van der Waals surface area (Å²) in [5.74, 6) is -2.75. The highest BCUT2D eigenvalue weighted by Gasteiger charge is 2.30. The number of aromatic hydroxyl groups is 1. The quantitative estimate of drug-likeness (QED) is 0.183. The summed E-state index contributed by atoms with van der Waals surface area (Å²) < 4.78 is 0. The molecule has 5 unspecified atom stereocenters. The molecule has 0 aliphatic heterocycles. The highest BCUT2D eigenvalue weighted by molar-refractivity contribution is 7.98. The minimum atomic E-state index is -1.54. The number of phenolic OH excluding ortho intramolecular Hbond substituents is 1. The maximum absolute atomic E-state index is 12.9. The summed E-state index contributed by atoms with van der Waals surface area (Å²) in [5, 5.41) is 35.3. The molecule has 0 saturated heterocycles. The van der Waals surface area contributed by atoms with Crippen molar-refractivity contribution in [3.63, 3.8) is 0 Å². The number of carbonyl (C=O) groups excluding carboxylic acids is 3. The van der Waals surface area contributed by atoms with E-state index < -0.39 is 54.0 Å². The summed E-state index contributed by atoms with van der Waals surface area (Å²) in [4.78, 5) is 48.9. The molecule has 1 rings (SSSR count). The van der Waals surface area contributed by atoms with Crippen molar-refractivity contribution in [2.75, 3.05) is 12.0 Å². The standard InChI is InChI=1S/C21H32N4O7S/c1-11(18(28)25-17(12(2)26)21(31)32)23-20(30)16(10-13-4-6-14(27)7-5-13)24-19(29)15(22)8-9-33-3/h4-7,11-12,15-17,26-27H,8-10,22H2,1-3H3,(H,23,30)(H,24,29)(H,25,28)(H,31,32). The molecule has 0 heterocycles.